The Bertz CT molecular complexity index is 852. The second kappa shape index (κ2) is 7.30. The third kappa shape index (κ3) is 3.15. The molecule has 1 aromatic carbocycles. The number of carbonyl (C=O) groups excluding carboxylic acids is 2. The van der Waals surface area contributed by atoms with E-state index in [1.54, 1.807) is 13.8 Å². The first-order chi connectivity index (χ1) is 13.5. The summed E-state index contributed by atoms with van der Waals surface area (Å²) >= 11 is 0. The molecule has 0 radical (unpaired) electrons. The Morgan fingerprint density at radius 1 is 1.14 bits per heavy atom. The second-order valence-corrected chi connectivity index (χ2v) is 7.59. The zero-order valence-corrected chi connectivity index (χ0v) is 16.4. The number of likely N-dealkylation sites (tertiary alicyclic amines) is 1. The first kappa shape index (κ1) is 18.5. The quantitative estimate of drug-likeness (QED) is 0.811. The highest BCUT2D eigenvalue weighted by Gasteiger charge is 2.44. The van der Waals surface area contributed by atoms with Crippen LogP contribution in [0, 0.1) is 13.8 Å². The number of aryl methyl sites for hydroxylation is 2. The van der Waals surface area contributed by atoms with E-state index in [0.29, 0.717) is 30.1 Å². The molecule has 1 aromatic heterocycles. The third-order valence-electron chi connectivity index (χ3n) is 5.84. The van der Waals surface area contributed by atoms with E-state index in [0.717, 1.165) is 18.4 Å². The van der Waals surface area contributed by atoms with Crippen LogP contribution in [-0.4, -0.2) is 52.1 Å². The van der Waals surface area contributed by atoms with Gasteiger partial charge in [-0.1, -0.05) is 35.5 Å². The van der Waals surface area contributed by atoms with E-state index < -0.39 is 0 Å². The Morgan fingerprint density at radius 2 is 1.82 bits per heavy atom. The first-order valence-electron chi connectivity index (χ1n) is 9.73. The molecule has 4 rings (SSSR count). The fourth-order valence-corrected chi connectivity index (χ4v) is 4.34. The predicted molar refractivity (Wildman–Crippen MR) is 102 cm³/mol. The Kier molecular flexibility index (Phi) is 4.83. The summed E-state index contributed by atoms with van der Waals surface area (Å²) in [6.45, 7) is 6.76. The van der Waals surface area contributed by atoms with E-state index in [1.807, 2.05) is 47.1 Å². The zero-order chi connectivity index (χ0) is 19.8. The van der Waals surface area contributed by atoms with Gasteiger partial charge < -0.3 is 14.2 Å². The summed E-state index contributed by atoms with van der Waals surface area (Å²) in [6, 6.07) is 9.88. The molecule has 2 atom stereocenters. The number of piperidine rings is 1. The van der Waals surface area contributed by atoms with Crippen molar-refractivity contribution in [3.63, 3.8) is 0 Å². The lowest BCUT2D eigenvalue weighted by Crippen LogP contribution is -2.49. The number of aromatic nitrogens is 1. The van der Waals surface area contributed by atoms with Gasteiger partial charge in [0.05, 0.1) is 11.7 Å². The van der Waals surface area contributed by atoms with Crippen LogP contribution in [0.15, 0.2) is 34.9 Å². The molecule has 0 bridgehead atoms. The maximum atomic E-state index is 12.8. The molecule has 0 spiro atoms. The number of hydrogen-bond donors (Lipinski definition) is 0. The summed E-state index contributed by atoms with van der Waals surface area (Å²) < 4.78 is 10.8. The second-order valence-electron chi connectivity index (χ2n) is 7.59. The Balaban J connectivity index is 1.42. The van der Waals surface area contributed by atoms with E-state index >= 15 is 0 Å². The van der Waals surface area contributed by atoms with Gasteiger partial charge in [0.1, 0.15) is 17.4 Å². The summed E-state index contributed by atoms with van der Waals surface area (Å²) in [6.07, 6.45) is 0.944. The fourth-order valence-electron chi connectivity index (χ4n) is 4.34. The largest absolute Gasteiger partial charge is 0.439 e. The molecule has 0 saturated carbocycles. The van der Waals surface area contributed by atoms with Gasteiger partial charge in [-0.2, -0.15) is 0 Å². The SMILES string of the molecule is Cc1noc(C)c1C(=O)N1CCC(N2C(=O)OC(c3ccccc3)C2C)CC1. The van der Waals surface area contributed by atoms with Gasteiger partial charge in [-0.15, -0.1) is 0 Å². The molecule has 2 unspecified atom stereocenters. The lowest BCUT2D eigenvalue weighted by Gasteiger charge is -2.37. The van der Waals surface area contributed by atoms with Crippen LogP contribution in [0.3, 0.4) is 0 Å². The maximum absolute atomic E-state index is 12.8. The minimum absolute atomic E-state index is 0.0373. The smallest absolute Gasteiger partial charge is 0.411 e. The molecule has 7 heteroatoms. The van der Waals surface area contributed by atoms with Gasteiger partial charge >= 0.3 is 6.09 Å². The van der Waals surface area contributed by atoms with E-state index in [9.17, 15) is 9.59 Å². The van der Waals surface area contributed by atoms with Crippen molar-refractivity contribution in [3.05, 3.63) is 52.9 Å². The lowest BCUT2D eigenvalue weighted by molar-refractivity contribution is 0.0638. The Hall–Kier alpha value is -2.83. The summed E-state index contributed by atoms with van der Waals surface area (Å²) in [7, 11) is 0. The molecule has 28 heavy (non-hydrogen) atoms. The lowest BCUT2D eigenvalue weighted by atomic mass is 9.98. The maximum Gasteiger partial charge on any atom is 0.411 e. The molecular formula is C21H25N3O4. The number of cyclic esters (lactones) is 1. The van der Waals surface area contributed by atoms with Crippen LogP contribution >= 0.6 is 0 Å². The number of hydrogen-bond acceptors (Lipinski definition) is 5. The van der Waals surface area contributed by atoms with Gasteiger partial charge in [0.25, 0.3) is 5.91 Å². The van der Waals surface area contributed by atoms with Crippen molar-refractivity contribution in [1.82, 2.24) is 15.0 Å². The topological polar surface area (TPSA) is 75.9 Å². The van der Waals surface area contributed by atoms with Gasteiger partial charge in [-0.05, 0) is 39.2 Å². The van der Waals surface area contributed by atoms with Gasteiger partial charge in [0.15, 0.2) is 0 Å². The molecule has 2 saturated heterocycles. The molecule has 2 amide bonds. The number of amides is 2. The van der Waals surface area contributed by atoms with Crippen molar-refractivity contribution in [3.8, 4) is 0 Å². The molecule has 2 fully saturated rings. The molecule has 7 nitrogen and oxygen atoms in total. The van der Waals surface area contributed by atoms with Gasteiger partial charge in [0, 0.05) is 19.1 Å². The number of rotatable bonds is 3. The van der Waals surface area contributed by atoms with Crippen molar-refractivity contribution < 1.29 is 18.8 Å². The zero-order valence-electron chi connectivity index (χ0n) is 16.4. The normalized spacial score (nSPS) is 23.2. The number of ether oxygens (including phenoxy) is 1. The monoisotopic (exact) mass is 383 g/mol. The fraction of sp³-hybridized carbons (Fsp3) is 0.476. The van der Waals surface area contributed by atoms with Crippen molar-refractivity contribution in [1.29, 1.82) is 0 Å². The molecule has 2 aromatic rings. The van der Waals surface area contributed by atoms with E-state index in [4.69, 9.17) is 9.26 Å². The van der Waals surface area contributed by atoms with Crippen molar-refractivity contribution in [2.24, 2.45) is 0 Å². The molecule has 2 aliphatic rings. The van der Waals surface area contributed by atoms with Crippen LogP contribution in [0.5, 0.6) is 0 Å². The highest BCUT2D eigenvalue weighted by molar-refractivity contribution is 5.96. The average Bonchev–Trinajstić information content (AvgIpc) is 3.20. The number of nitrogens with zero attached hydrogens (tertiary/aromatic N) is 3. The van der Waals surface area contributed by atoms with Crippen LogP contribution in [0.2, 0.25) is 0 Å². The van der Waals surface area contributed by atoms with Crippen molar-refractivity contribution in [2.45, 2.75) is 51.8 Å². The minimum atomic E-state index is -0.267. The van der Waals surface area contributed by atoms with Crippen LogP contribution < -0.4 is 0 Å². The molecule has 2 aliphatic heterocycles. The van der Waals surface area contributed by atoms with E-state index in [-0.39, 0.29) is 30.2 Å². The van der Waals surface area contributed by atoms with Crippen molar-refractivity contribution >= 4 is 12.0 Å². The minimum Gasteiger partial charge on any atom is -0.439 e. The highest BCUT2D eigenvalue weighted by atomic mass is 16.6. The van der Waals surface area contributed by atoms with Gasteiger partial charge in [0.2, 0.25) is 0 Å². The molecule has 148 valence electrons. The van der Waals surface area contributed by atoms with E-state index in [2.05, 4.69) is 5.16 Å². The van der Waals surface area contributed by atoms with Gasteiger partial charge in [-0.25, -0.2) is 4.79 Å². The predicted octanol–water partition coefficient (Wildman–Crippen LogP) is 3.48. The number of benzene rings is 1. The molecular weight excluding hydrogens is 358 g/mol. The third-order valence-corrected chi connectivity index (χ3v) is 5.84. The standard InChI is InChI=1S/C21H25N3O4/c1-13-18(15(3)28-22-13)20(25)23-11-9-17(10-12-23)24-14(2)19(27-21(24)26)16-7-5-4-6-8-16/h4-8,14,17,19H,9-12H2,1-3H3. The van der Waals surface area contributed by atoms with Crippen LogP contribution in [0.4, 0.5) is 4.79 Å². The van der Waals surface area contributed by atoms with Crippen molar-refractivity contribution in [2.75, 3.05) is 13.1 Å². The summed E-state index contributed by atoms with van der Waals surface area (Å²) in [5.74, 6) is 0.501. The number of carbonyl (C=O) groups is 2. The molecule has 0 N–H and O–H groups in total. The van der Waals surface area contributed by atoms with Crippen LogP contribution in [0.25, 0.3) is 0 Å². The molecule has 0 aliphatic carbocycles. The van der Waals surface area contributed by atoms with E-state index in [1.165, 1.54) is 0 Å². The average molecular weight is 383 g/mol. The first-order valence-corrected chi connectivity index (χ1v) is 9.73. The van der Waals surface area contributed by atoms with Gasteiger partial charge in [-0.3, -0.25) is 9.69 Å². The summed E-state index contributed by atoms with van der Waals surface area (Å²) in [5.41, 5.74) is 2.18. The van der Waals surface area contributed by atoms with Crippen LogP contribution in [0.1, 0.15) is 53.2 Å². The van der Waals surface area contributed by atoms with Crippen LogP contribution in [-0.2, 0) is 4.74 Å². The molecule has 3 heterocycles. The Labute approximate surface area is 164 Å². The summed E-state index contributed by atoms with van der Waals surface area (Å²) in [5, 5.41) is 3.88. The highest BCUT2D eigenvalue weighted by Crippen LogP contribution is 2.36. The Morgan fingerprint density at radius 3 is 2.43 bits per heavy atom. The summed E-state index contributed by atoms with van der Waals surface area (Å²) in [4.78, 5) is 29.1.